The van der Waals surface area contributed by atoms with E-state index >= 15 is 0 Å². The minimum atomic E-state index is -0.483. The number of nitrogen functional groups attached to an aromatic ring is 1. The number of carbonyl (C=O) groups is 2. The van der Waals surface area contributed by atoms with Gasteiger partial charge in [0.05, 0.1) is 22.8 Å². The first-order chi connectivity index (χ1) is 11.8. The number of halogens is 1. The number of anilines is 1. The van der Waals surface area contributed by atoms with Gasteiger partial charge in [0.1, 0.15) is 10.8 Å². The van der Waals surface area contributed by atoms with E-state index in [1.54, 1.807) is 20.8 Å². The lowest BCUT2D eigenvalue weighted by Gasteiger charge is -2.04. The average molecular weight is 363 g/mol. The monoisotopic (exact) mass is 363 g/mol. The van der Waals surface area contributed by atoms with Crippen LogP contribution in [0.25, 0.3) is 0 Å². The van der Waals surface area contributed by atoms with E-state index in [0.717, 1.165) is 0 Å². The molecule has 6 nitrogen and oxygen atoms in total. The van der Waals surface area contributed by atoms with Crippen LogP contribution in [0.1, 0.15) is 45.0 Å². The number of nitrogens with two attached hydrogens (primary N) is 1. The Balaban J connectivity index is 2.19. The Hall–Kier alpha value is -2.74. The number of carbonyl (C=O) groups excluding carboxylic acids is 2. The van der Waals surface area contributed by atoms with Crippen LogP contribution in [0.2, 0.25) is 0 Å². The second kappa shape index (κ2) is 7.89. The zero-order chi connectivity index (χ0) is 18.6. The number of hydrogen-bond acceptors (Lipinski definition) is 6. The van der Waals surface area contributed by atoms with Crippen molar-refractivity contribution in [3.63, 3.8) is 0 Å². The Morgan fingerprint density at radius 2 is 1.96 bits per heavy atom. The standard InChI is InChI=1S/C17H18FN3O3S/c1-4-24-17(23)13-9(2)14(25-15(13)19)10(3)20-21-16(22)11-5-7-12(18)8-6-11/h5-8H,4,19H2,1-3H3,(H,21,22). The highest BCUT2D eigenvalue weighted by Gasteiger charge is 2.21. The summed E-state index contributed by atoms with van der Waals surface area (Å²) >= 11 is 1.20. The molecule has 0 unspecified atom stereocenters. The maximum absolute atomic E-state index is 12.9. The summed E-state index contributed by atoms with van der Waals surface area (Å²) in [7, 11) is 0. The number of nitrogens with one attached hydrogen (secondary N) is 1. The lowest BCUT2D eigenvalue weighted by molar-refractivity contribution is 0.0527. The van der Waals surface area contributed by atoms with Gasteiger partial charge in [-0.15, -0.1) is 11.3 Å². The zero-order valence-corrected chi connectivity index (χ0v) is 14.9. The summed E-state index contributed by atoms with van der Waals surface area (Å²) in [6, 6.07) is 5.12. The molecular weight excluding hydrogens is 345 g/mol. The SMILES string of the molecule is CCOC(=O)c1c(N)sc(C(C)=NNC(=O)c2ccc(F)cc2)c1C. The van der Waals surface area contributed by atoms with Crippen LogP contribution < -0.4 is 11.2 Å². The van der Waals surface area contributed by atoms with Gasteiger partial charge in [0.2, 0.25) is 0 Å². The lowest BCUT2D eigenvalue weighted by atomic mass is 10.1. The highest BCUT2D eigenvalue weighted by Crippen LogP contribution is 2.31. The maximum atomic E-state index is 12.9. The third kappa shape index (κ3) is 4.21. The lowest BCUT2D eigenvalue weighted by Crippen LogP contribution is -2.19. The van der Waals surface area contributed by atoms with E-state index in [9.17, 15) is 14.0 Å². The van der Waals surface area contributed by atoms with Crippen LogP contribution in [0, 0.1) is 12.7 Å². The molecule has 1 amide bonds. The molecule has 0 radical (unpaired) electrons. The van der Waals surface area contributed by atoms with Gasteiger partial charge in [0.15, 0.2) is 0 Å². The molecule has 0 bridgehead atoms. The van der Waals surface area contributed by atoms with E-state index in [-0.39, 0.29) is 12.2 Å². The van der Waals surface area contributed by atoms with E-state index in [1.165, 1.54) is 35.6 Å². The molecule has 1 heterocycles. The highest BCUT2D eigenvalue weighted by atomic mass is 32.1. The number of nitrogens with zero attached hydrogens (tertiary/aromatic N) is 1. The number of ether oxygens (including phenoxy) is 1. The predicted molar refractivity (Wildman–Crippen MR) is 95.5 cm³/mol. The molecule has 0 saturated carbocycles. The van der Waals surface area contributed by atoms with Crippen molar-refractivity contribution in [3.8, 4) is 0 Å². The third-order valence-corrected chi connectivity index (χ3v) is 4.64. The topological polar surface area (TPSA) is 93.8 Å². The summed E-state index contributed by atoms with van der Waals surface area (Å²) in [5.74, 6) is -1.37. The number of amides is 1. The average Bonchev–Trinajstić information content (AvgIpc) is 2.88. The summed E-state index contributed by atoms with van der Waals surface area (Å²) < 4.78 is 17.9. The zero-order valence-electron chi connectivity index (χ0n) is 14.1. The van der Waals surface area contributed by atoms with Crippen LogP contribution in [-0.2, 0) is 4.74 Å². The number of esters is 1. The predicted octanol–water partition coefficient (Wildman–Crippen LogP) is 3.11. The minimum absolute atomic E-state index is 0.254. The van der Waals surface area contributed by atoms with Crippen molar-refractivity contribution >= 4 is 33.9 Å². The van der Waals surface area contributed by atoms with Gasteiger partial charge >= 0.3 is 5.97 Å². The number of hydrazone groups is 1. The molecule has 0 aliphatic carbocycles. The fourth-order valence-corrected chi connectivity index (χ4v) is 3.20. The van der Waals surface area contributed by atoms with E-state index in [4.69, 9.17) is 10.5 Å². The fraction of sp³-hybridized carbons (Fsp3) is 0.235. The second-order valence-electron chi connectivity index (χ2n) is 5.16. The smallest absolute Gasteiger partial charge is 0.341 e. The fourth-order valence-electron chi connectivity index (χ4n) is 2.19. The Kier molecular flexibility index (Phi) is 5.87. The summed E-state index contributed by atoms with van der Waals surface area (Å²) in [4.78, 5) is 24.7. The van der Waals surface area contributed by atoms with Crippen molar-refractivity contribution in [2.24, 2.45) is 5.10 Å². The Labute approximate surface area is 148 Å². The van der Waals surface area contributed by atoms with Gasteiger partial charge in [-0.3, -0.25) is 4.79 Å². The molecule has 0 saturated heterocycles. The largest absolute Gasteiger partial charge is 0.462 e. The van der Waals surface area contributed by atoms with Crippen molar-refractivity contribution < 1.29 is 18.7 Å². The number of benzene rings is 1. The molecule has 3 N–H and O–H groups in total. The molecule has 132 valence electrons. The van der Waals surface area contributed by atoms with Gasteiger partial charge in [0.25, 0.3) is 5.91 Å². The van der Waals surface area contributed by atoms with Gasteiger partial charge in [0, 0.05) is 5.56 Å². The van der Waals surface area contributed by atoms with E-state index < -0.39 is 17.7 Å². The maximum Gasteiger partial charge on any atom is 0.341 e. The van der Waals surface area contributed by atoms with Gasteiger partial charge in [-0.25, -0.2) is 14.6 Å². The quantitative estimate of drug-likeness (QED) is 0.485. The highest BCUT2D eigenvalue weighted by molar-refractivity contribution is 7.18. The van der Waals surface area contributed by atoms with Crippen LogP contribution in [0.15, 0.2) is 29.4 Å². The molecule has 0 fully saturated rings. The van der Waals surface area contributed by atoms with Crippen LogP contribution >= 0.6 is 11.3 Å². The first kappa shape index (κ1) is 18.6. The first-order valence-corrected chi connectivity index (χ1v) is 8.33. The molecule has 0 atom stereocenters. The van der Waals surface area contributed by atoms with Crippen molar-refractivity contribution in [1.29, 1.82) is 0 Å². The van der Waals surface area contributed by atoms with E-state index in [2.05, 4.69) is 10.5 Å². The number of hydrogen-bond donors (Lipinski definition) is 2. The van der Waals surface area contributed by atoms with Crippen molar-refractivity contribution in [3.05, 3.63) is 51.7 Å². The molecule has 2 aromatic rings. The van der Waals surface area contributed by atoms with E-state index in [1.807, 2.05) is 0 Å². The molecule has 2 rings (SSSR count). The molecule has 1 aromatic carbocycles. The van der Waals surface area contributed by atoms with Gasteiger partial charge in [-0.1, -0.05) is 0 Å². The van der Waals surface area contributed by atoms with Crippen molar-refractivity contribution in [2.45, 2.75) is 20.8 Å². The Morgan fingerprint density at radius 1 is 1.32 bits per heavy atom. The first-order valence-electron chi connectivity index (χ1n) is 7.51. The van der Waals surface area contributed by atoms with Gasteiger partial charge in [-0.05, 0) is 50.6 Å². The van der Waals surface area contributed by atoms with E-state index in [0.29, 0.717) is 26.7 Å². The van der Waals surface area contributed by atoms with Gasteiger partial charge < -0.3 is 10.5 Å². The molecule has 0 spiro atoms. The second-order valence-corrected chi connectivity index (χ2v) is 6.21. The molecule has 0 aliphatic heterocycles. The Morgan fingerprint density at radius 3 is 2.56 bits per heavy atom. The molecule has 25 heavy (non-hydrogen) atoms. The molecule has 0 aliphatic rings. The molecule has 1 aromatic heterocycles. The summed E-state index contributed by atoms with van der Waals surface area (Å²) in [6.45, 7) is 5.41. The van der Waals surface area contributed by atoms with Crippen LogP contribution in [0.4, 0.5) is 9.39 Å². The van der Waals surface area contributed by atoms with Gasteiger partial charge in [-0.2, -0.15) is 5.10 Å². The molecular formula is C17H18FN3O3S. The van der Waals surface area contributed by atoms with Crippen LogP contribution in [0.3, 0.4) is 0 Å². The number of thiophene rings is 1. The van der Waals surface area contributed by atoms with Crippen molar-refractivity contribution in [1.82, 2.24) is 5.43 Å². The van der Waals surface area contributed by atoms with Crippen molar-refractivity contribution in [2.75, 3.05) is 12.3 Å². The summed E-state index contributed by atoms with van der Waals surface area (Å²) in [5, 5.41) is 4.38. The van der Waals surface area contributed by atoms with Crippen LogP contribution in [0.5, 0.6) is 0 Å². The summed E-state index contributed by atoms with van der Waals surface area (Å²) in [6.07, 6.45) is 0. The third-order valence-electron chi connectivity index (χ3n) is 3.41. The number of rotatable bonds is 5. The molecule has 8 heteroatoms. The Bertz CT molecular complexity index is 828. The van der Waals surface area contributed by atoms with Crippen LogP contribution in [-0.4, -0.2) is 24.2 Å². The normalized spacial score (nSPS) is 11.3. The summed E-state index contributed by atoms with van der Waals surface area (Å²) in [5.41, 5.74) is 10.1. The minimum Gasteiger partial charge on any atom is -0.462 e.